The van der Waals surface area contributed by atoms with Crippen LogP contribution in [0.15, 0.2) is 54.6 Å². The first kappa shape index (κ1) is 21.5. The number of hydrogen-bond donors (Lipinski definition) is 1. The maximum Gasteiger partial charge on any atom is 0.330 e. The van der Waals surface area contributed by atoms with Crippen molar-refractivity contribution in [1.29, 1.82) is 0 Å². The van der Waals surface area contributed by atoms with Crippen LogP contribution in [0.25, 0.3) is 6.08 Å². The number of phenols is 1. The number of hydrogen-bond acceptors (Lipinski definition) is 5. The van der Waals surface area contributed by atoms with Gasteiger partial charge < -0.3 is 19.3 Å². The number of ether oxygens (including phenoxy) is 3. The summed E-state index contributed by atoms with van der Waals surface area (Å²) in [5.41, 5.74) is 1.85. The number of rotatable bonds is 10. The Morgan fingerprint density at radius 1 is 1.18 bits per heavy atom. The van der Waals surface area contributed by atoms with Crippen molar-refractivity contribution in [2.75, 3.05) is 13.7 Å². The number of methoxy groups -OCH3 is 1. The Hall–Kier alpha value is -2.79. The molecule has 0 amide bonds. The van der Waals surface area contributed by atoms with Crippen molar-refractivity contribution >= 4 is 12.0 Å². The number of aromatic hydroxyl groups is 1. The van der Waals surface area contributed by atoms with Gasteiger partial charge in [-0.3, -0.25) is 0 Å². The third-order valence-electron chi connectivity index (χ3n) is 4.43. The van der Waals surface area contributed by atoms with Crippen LogP contribution in [0.3, 0.4) is 0 Å². The average Bonchev–Trinajstić information content (AvgIpc) is 2.71. The van der Waals surface area contributed by atoms with Crippen LogP contribution in [0.2, 0.25) is 0 Å². The minimum absolute atomic E-state index is 0.00671. The second-order valence-electron chi connectivity index (χ2n) is 6.50. The van der Waals surface area contributed by atoms with Gasteiger partial charge in [0.2, 0.25) is 0 Å². The fourth-order valence-corrected chi connectivity index (χ4v) is 2.67. The number of esters is 1. The van der Waals surface area contributed by atoms with Gasteiger partial charge in [-0.2, -0.15) is 0 Å². The van der Waals surface area contributed by atoms with Gasteiger partial charge in [0.1, 0.15) is 17.6 Å². The fourth-order valence-electron chi connectivity index (χ4n) is 2.67. The van der Waals surface area contributed by atoms with Gasteiger partial charge in [0, 0.05) is 19.6 Å². The van der Waals surface area contributed by atoms with E-state index in [2.05, 4.69) is 6.92 Å². The number of benzene rings is 2. The minimum Gasteiger partial charge on any atom is -0.508 e. The van der Waals surface area contributed by atoms with Crippen LogP contribution >= 0.6 is 0 Å². The monoisotopic (exact) mass is 384 g/mol. The molecule has 0 aliphatic carbocycles. The SMILES string of the molecule is CCC(Oc1cccc(C=CC(=O)OCCc2ccc(O)cc2)c1)C(C)OC. The Balaban J connectivity index is 1.85. The molecule has 0 saturated carbocycles. The molecule has 0 fully saturated rings. The summed E-state index contributed by atoms with van der Waals surface area (Å²) in [6.07, 6.45) is 4.50. The average molecular weight is 384 g/mol. The van der Waals surface area contributed by atoms with Crippen molar-refractivity contribution in [2.45, 2.75) is 38.9 Å². The largest absolute Gasteiger partial charge is 0.508 e. The summed E-state index contributed by atoms with van der Waals surface area (Å²) in [5, 5.41) is 9.26. The van der Waals surface area contributed by atoms with Gasteiger partial charge in [-0.05, 0) is 54.8 Å². The van der Waals surface area contributed by atoms with Crippen molar-refractivity contribution in [1.82, 2.24) is 0 Å². The zero-order valence-corrected chi connectivity index (χ0v) is 16.6. The third kappa shape index (κ3) is 7.08. The summed E-state index contributed by atoms with van der Waals surface area (Å²) < 4.78 is 16.6. The van der Waals surface area contributed by atoms with Crippen LogP contribution in [0.5, 0.6) is 11.5 Å². The molecule has 2 aromatic carbocycles. The lowest BCUT2D eigenvalue weighted by Crippen LogP contribution is -2.30. The summed E-state index contributed by atoms with van der Waals surface area (Å²) in [5.74, 6) is 0.556. The summed E-state index contributed by atoms with van der Waals surface area (Å²) in [4.78, 5) is 11.9. The number of carbonyl (C=O) groups is 1. The van der Waals surface area contributed by atoms with Gasteiger partial charge in [-0.25, -0.2) is 4.79 Å². The highest BCUT2D eigenvalue weighted by Gasteiger charge is 2.16. The molecule has 0 bridgehead atoms. The molecule has 2 rings (SSSR count). The van der Waals surface area contributed by atoms with Crippen LogP contribution in [0.1, 0.15) is 31.4 Å². The normalized spacial score (nSPS) is 13.2. The highest BCUT2D eigenvalue weighted by Crippen LogP contribution is 2.19. The zero-order chi connectivity index (χ0) is 20.4. The van der Waals surface area contributed by atoms with Crippen molar-refractivity contribution in [3.8, 4) is 11.5 Å². The highest BCUT2D eigenvalue weighted by molar-refractivity contribution is 5.87. The van der Waals surface area contributed by atoms with Crippen LogP contribution in [-0.2, 0) is 20.7 Å². The molecule has 2 aromatic rings. The Bertz CT molecular complexity index is 767. The lowest BCUT2D eigenvalue weighted by atomic mass is 10.1. The molecule has 150 valence electrons. The quantitative estimate of drug-likeness (QED) is 0.486. The van der Waals surface area contributed by atoms with Gasteiger partial charge >= 0.3 is 5.97 Å². The van der Waals surface area contributed by atoms with E-state index < -0.39 is 5.97 Å². The molecule has 0 spiro atoms. The molecule has 5 nitrogen and oxygen atoms in total. The molecule has 2 unspecified atom stereocenters. The van der Waals surface area contributed by atoms with E-state index in [9.17, 15) is 9.90 Å². The summed E-state index contributed by atoms with van der Waals surface area (Å²) >= 11 is 0. The smallest absolute Gasteiger partial charge is 0.330 e. The summed E-state index contributed by atoms with van der Waals surface area (Å²) in [6.45, 7) is 4.31. The fraction of sp³-hybridized carbons (Fsp3) is 0.348. The Morgan fingerprint density at radius 2 is 1.93 bits per heavy atom. The van der Waals surface area contributed by atoms with E-state index >= 15 is 0 Å². The predicted molar refractivity (Wildman–Crippen MR) is 109 cm³/mol. The van der Waals surface area contributed by atoms with Crippen molar-refractivity contribution < 1.29 is 24.1 Å². The van der Waals surface area contributed by atoms with E-state index in [-0.39, 0.29) is 24.6 Å². The van der Waals surface area contributed by atoms with E-state index in [1.807, 2.05) is 31.2 Å². The van der Waals surface area contributed by atoms with E-state index in [0.29, 0.717) is 6.42 Å². The molecule has 5 heteroatoms. The molecule has 1 N–H and O–H groups in total. The lowest BCUT2D eigenvalue weighted by molar-refractivity contribution is -0.137. The maximum absolute atomic E-state index is 11.9. The molecule has 0 aliphatic rings. The molecule has 0 saturated heterocycles. The van der Waals surface area contributed by atoms with E-state index in [1.165, 1.54) is 6.08 Å². The van der Waals surface area contributed by atoms with Crippen LogP contribution in [0.4, 0.5) is 0 Å². The first-order valence-electron chi connectivity index (χ1n) is 9.44. The van der Waals surface area contributed by atoms with Crippen LogP contribution in [0, 0.1) is 0 Å². The second-order valence-corrected chi connectivity index (χ2v) is 6.50. The standard InChI is InChI=1S/C23H28O5/c1-4-22(17(2)26-3)28-21-7-5-6-19(16-21)10-13-23(25)27-15-14-18-8-11-20(24)12-9-18/h5-13,16-17,22,24H,4,14-15H2,1-3H3. The first-order chi connectivity index (χ1) is 13.5. The molecule has 2 atom stereocenters. The second kappa shape index (κ2) is 11.1. The van der Waals surface area contributed by atoms with Gasteiger partial charge in [0.15, 0.2) is 0 Å². The van der Waals surface area contributed by atoms with Gasteiger partial charge in [0.05, 0.1) is 12.7 Å². The molecule has 28 heavy (non-hydrogen) atoms. The number of carbonyl (C=O) groups excluding carboxylic acids is 1. The van der Waals surface area contributed by atoms with Crippen molar-refractivity contribution in [3.63, 3.8) is 0 Å². The minimum atomic E-state index is -0.399. The number of phenolic OH excluding ortho intramolecular Hbond substituents is 1. The molecule has 0 aliphatic heterocycles. The molecule has 0 aromatic heterocycles. The zero-order valence-electron chi connectivity index (χ0n) is 16.6. The topological polar surface area (TPSA) is 65.0 Å². The van der Waals surface area contributed by atoms with E-state index in [0.717, 1.165) is 23.3 Å². The lowest BCUT2D eigenvalue weighted by Gasteiger charge is -2.23. The third-order valence-corrected chi connectivity index (χ3v) is 4.43. The van der Waals surface area contributed by atoms with Gasteiger partial charge in [-0.1, -0.05) is 31.2 Å². The summed E-state index contributed by atoms with van der Waals surface area (Å²) in [7, 11) is 1.67. The Morgan fingerprint density at radius 3 is 2.61 bits per heavy atom. The maximum atomic E-state index is 11.9. The van der Waals surface area contributed by atoms with Crippen LogP contribution in [-0.4, -0.2) is 37.0 Å². The summed E-state index contributed by atoms with van der Waals surface area (Å²) in [6, 6.07) is 14.4. The predicted octanol–water partition coefficient (Wildman–Crippen LogP) is 4.38. The van der Waals surface area contributed by atoms with Gasteiger partial charge in [0.25, 0.3) is 0 Å². The molecular formula is C23H28O5. The van der Waals surface area contributed by atoms with Crippen molar-refractivity contribution in [2.24, 2.45) is 0 Å². The van der Waals surface area contributed by atoms with Crippen LogP contribution < -0.4 is 4.74 Å². The molecule has 0 radical (unpaired) electrons. The Kier molecular flexibility index (Phi) is 8.56. The van der Waals surface area contributed by atoms with Crippen molar-refractivity contribution in [3.05, 3.63) is 65.7 Å². The van der Waals surface area contributed by atoms with E-state index in [4.69, 9.17) is 14.2 Å². The molecule has 0 heterocycles. The first-order valence-corrected chi connectivity index (χ1v) is 9.44. The van der Waals surface area contributed by atoms with E-state index in [1.54, 1.807) is 37.5 Å². The Labute approximate surface area is 166 Å². The highest BCUT2D eigenvalue weighted by atomic mass is 16.5. The molecular weight excluding hydrogens is 356 g/mol. The van der Waals surface area contributed by atoms with Gasteiger partial charge in [-0.15, -0.1) is 0 Å².